The standard InChI is InChI=1S/C29H28Cl4N2O3/c30-21-11-13-27(25(33)16-21)38-18-28(36)35(17-20-10-12-23(31)24(32)14-20)26(15-19-6-2-1-3-7-19)29(37)34-22-8-4-5-9-22/h1-3,6-7,10-14,16,22,26H,4-5,8-9,15,17-18H2,(H,34,37)/t26-/m1/s1. The van der Waals surface area contributed by atoms with E-state index in [1.165, 1.54) is 0 Å². The van der Waals surface area contributed by atoms with Crippen LogP contribution in [0.4, 0.5) is 0 Å². The lowest BCUT2D eigenvalue weighted by atomic mass is 10.0. The second kappa shape index (κ2) is 13.6. The Morgan fingerprint density at radius 3 is 2.29 bits per heavy atom. The maximum Gasteiger partial charge on any atom is 0.261 e. The molecule has 1 aliphatic carbocycles. The molecule has 1 aliphatic rings. The van der Waals surface area contributed by atoms with Gasteiger partial charge in [-0.3, -0.25) is 9.59 Å². The third-order valence-corrected chi connectivity index (χ3v) is 7.82. The van der Waals surface area contributed by atoms with Gasteiger partial charge >= 0.3 is 0 Å². The van der Waals surface area contributed by atoms with Gasteiger partial charge in [0.15, 0.2) is 6.61 Å². The molecular weight excluding hydrogens is 566 g/mol. The summed E-state index contributed by atoms with van der Waals surface area (Å²) in [6.45, 7) is -0.173. The van der Waals surface area contributed by atoms with Crippen LogP contribution in [0.5, 0.6) is 5.75 Å². The third-order valence-electron chi connectivity index (χ3n) is 6.55. The van der Waals surface area contributed by atoms with E-state index in [1.54, 1.807) is 41.3 Å². The van der Waals surface area contributed by atoms with Gasteiger partial charge in [-0.15, -0.1) is 0 Å². The second-order valence-electron chi connectivity index (χ2n) is 9.33. The fourth-order valence-corrected chi connectivity index (χ4v) is 5.35. The van der Waals surface area contributed by atoms with Crippen molar-refractivity contribution in [3.05, 3.63) is 97.9 Å². The van der Waals surface area contributed by atoms with Crippen LogP contribution in [0.2, 0.25) is 20.1 Å². The third kappa shape index (κ3) is 7.79. The number of amides is 2. The fraction of sp³-hybridized carbons (Fsp3) is 0.310. The monoisotopic (exact) mass is 592 g/mol. The lowest BCUT2D eigenvalue weighted by molar-refractivity contribution is -0.143. The molecule has 0 unspecified atom stereocenters. The molecule has 0 saturated heterocycles. The zero-order valence-electron chi connectivity index (χ0n) is 20.6. The van der Waals surface area contributed by atoms with Crippen LogP contribution in [0.15, 0.2) is 66.7 Å². The number of carbonyl (C=O) groups excluding carboxylic acids is 2. The molecule has 5 nitrogen and oxygen atoms in total. The Labute approximate surface area is 243 Å². The summed E-state index contributed by atoms with van der Waals surface area (Å²) < 4.78 is 5.77. The van der Waals surface area contributed by atoms with Gasteiger partial charge in [-0.1, -0.05) is 95.6 Å². The summed E-state index contributed by atoms with van der Waals surface area (Å²) >= 11 is 24.6. The Hall–Kier alpha value is -2.44. The van der Waals surface area contributed by atoms with Gasteiger partial charge < -0.3 is 15.0 Å². The number of nitrogens with one attached hydrogen (secondary N) is 1. The van der Waals surface area contributed by atoms with Crippen LogP contribution in [0.25, 0.3) is 0 Å². The van der Waals surface area contributed by atoms with E-state index in [0.717, 1.165) is 36.8 Å². The predicted molar refractivity (Wildman–Crippen MR) is 153 cm³/mol. The summed E-state index contributed by atoms with van der Waals surface area (Å²) in [5.74, 6) is -0.239. The van der Waals surface area contributed by atoms with Gasteiger partial charge in [0, 0.05) is 24.0 Å². The van der Waals surface area contributed by atoms with Crippen molar-refractivity contribution in [1.82, 2.24) is 10.2 Å². The van der Waals surface area contributed by atoms with Crippen LogP contribution >= 0.6 is 46.4 Å². The fourth-order valence-electron chi connectivity index (χ4n) is 4.57. The Morgan fingerprint density at radius 1 is 0.868 bits per heavy atom. The molecule has 0 heterocycles. The molecular formula is C29H28Cl4N2O3. The highest BCUT2D eigenvalue weighted by atomic mass is 35.5. The van der Waals surface area contributed by atoms with Crippen molar-refractivity contribution in [1.29, 1.82) is 0 Å². The van der Waals surface area contributed by atoms with Gasteiger partial charge in [-0.25, -0.2) is 0 Å². The minimum atomic E-state index is -0.774. The molecule has 1 fully saturated rings. The first-order valence-corrected chi connectivity index (χ1v) is 14.0. The van der Waals surface area contributed by atoms with Crippen molar-refractivity contribution < 1.29 is 14.3 Å². The summed E-state index contributed by atoms with van der Waals surface area (Å²) in [4.78, 5) is 29.0. The van der Waals surface area contributed by atoms with Crippen molar-refractivity contribution in [2.45, 2.75) is 50.7 Å². The maximum absolute atomic E-state index is 13.7. The topological polar surface area (TPSA) is 58.6 Å². The average molecular weight is 594 g/mol. The highest BCUT2D eigenvalue weighted by Gasteiger charge is 2.32. The van der Waals surface area contributed by atoms with Crippen molar-refractivity contribution in [2.24, 2.45) is 0 Å². The molecule has 3 aromatic rings. The van der Waals surface area contributed by atoms with Crippen LogP contribution in [0.3, 0.4) is 0 Å². The molecule has 0 radical (unpaired) electrons. The Morgan fingerprint density at radius 2 is 1.61 bits per heavy atom. The van der Waals surface area contributed by atoms with Crippen LogP contribution in [0, 0.1) is 0 Å². The SMILES string of the molecule is O=C(NC1CCCC1)[C@@H](Cc1ccccc1)N(Cc1ccc(Cl)c(Cl)c1)C(=O)COc1ccc(Cl)cc1Cl. The number of hydrogen-bond acceptors (Lipinski definition) is 3. The number of halogens is 4. The summed E-state index contributed by atoms with van der Waals surface area (Å²) in [6.07, 6.45) is 4.37. The molecule has 0 spiro atoms. The van der Waals surface area contributed by atoms with E-state index < -0.39 is 6.04 Å². The molecule has 1 atom stereocenters. The number of rotatable bonds is 10. The molecule has 38 heavy (non-hydrogen) atoms. The number of hydrogen-bond donors (Lipinski definition) is 1. The van der Waals surface area contributed by atoms with Gasteiger partial charge in [0.2, 0.25) is 5.91 Å². The molecule has 4 rings (SSSR count). The van der Waals surface area contributed by atoms with Crippen molar-refractivity contribution in [3.8, 4) is 5.75 Å². The van der Waals surface area contributed by atoms with Crippen molar-refractivity contribution in [2.75, 3.05) is 6.61 Å². The van der Waals surface area contributed by atoms with E-state index in [9.17, 15) is 9.59 Å². The van der Waals surface area contributed by atoms with Gasteiger partial charge in [0.25, 0.3) is 5.91 Å². The molecule has 9 heteroatoms. The number of nitrogens with zero attached hydrogens (tertiary/aromatic N) is 1. The van der Waals surface area contributed by atoms with E-state index in [4.69, 9.17) is 51.1 Å². The van der Waals surface area contributed by atoms with E-state index >= 15 is 0 Å². The van der Waals surface area contributed by atoms with Crippen LogP contribution < -0.4 is 10.1 Å². The molecule has 1 N–H and O–H groups in total. The van der Waals surface area contributed by atoms with E-state index in [-0.39, 0.29) is 31.0 Å². The molecule has 2 amide bonds. The summed E-state index contributed by atoms with van der Waals surface area (Å²) in [5, 5.41) is 4.71. The first kappa shape index (κ1) is 28.6. The van der Waals surface area contributed by atoms with Gasteiger partial charge in [-0.05, 0) is 54.3 Å². The van der Waals surface area contributed by atoms with E-state index in [1.807, 2.05) is 30.3 Å². The first-order chi connectivity index (χ1) is 18.3. The summed E-state index contributed by atoms with van der Waals surface area (Å²) in [7, 11) is 0. The Bertz CT molecular complexity index is 1270. The maximum atomic E-state index is 13.7. The highest BCUT2D eigenvalue weighted by Crippen LogP contribution is 2.28. The van der Waals surface area contributed by atoms with Gasteiger partial charge in [-0.2, -0.15) is 0 Å². The normalized spacial score (nSPS) is 14.2. The van der Waals surface area contributed by atoms with Gasteiger partial charge in [0.05, 0.1) is 15.1 Å². The number of benzene rings is 3. The zero-order chi connectivity index (χ0) is 27.1. The quantitative estimate of drug-likeness (QED) is 0.267. The van der Waals surface area contributed by atoms with E-state index in [2.05, 4.69) is 5.32 Å². The van der Waals surface area contributed by atoms with Gasteiger partial charge in [0.1, 0.15) is 11.8 Å². The van der Waals surface area contributed by atoms with E-state index in [0.29, 0.717) is 32.3 Å². The molecule has 0 bridgehead atoms. The van der Waals surface area contributed by atoms with Crippen LogP contribution in [0.1, 0.15) is 36.8 Å². The molecule has 0 aromatic heterocycles. The first-order valence-electron chi connectivity index (χ1n) is 12.5. The van der Waals surface area contributed by atoms with Crippen molar-refractivity contribution >= 4 is 58.2 Å². The van der Waals surface area contributed by atoms with Crippen LogP contribution in [-0.2, 0) is 22.6 Å². The molecule has 3 aromatic carbocycles. The predicted octanol–water partition coefficient (Wildman–Crippen LogP) is 7.38. The molecule has 0 aliphatic heterocycles. The lowest BCUT2D eigenvalue weighted by Crippen LogP contribution is -2.53. The summed E-state index contributed by atoms with van der Waals surface area (Å²) in [6, 6.07) is 18.9. The van der Waals surface area contributed by atoms with Crippen molar-refractivity contribution in [3.63, 3.8) is 0 Å². The summed E-state index contributed by atoms with van der Waals surface area (Å²) in [5.41, 5.74) is 1.68. The Balaban J connectivity index is 1.63. The molecule has 1 saturated carbocycles. The largest absolute Gasteiger partial charge is 0.482 e. The van der Waals surface area contributed by atoms with Crippen LogP contribution in [-0.4, -0.2) is 35.4 Å². The number of carbonyl (C=O) groups is 2. The number of ether oxygens (including phenoxy) is 1. The second-order valence-corrected chi connectivity index (χ2v) is 11.0. The lowest BCUT2D eigenvalue weighted by Gasteiger charge is -2.32. The molecule has 200 valence electrons. The smallest absolute Gasteiger partial charge is 0.261 e. The average Bonchev–Trinajstić information content (AvgIpc) is 3.41. The minimum Gasteiger partial charge on any atom is -0.482 e. The minimum absolute atomic E-state index is 0.104. The Kier molecular flexibility index (Phi) is 10.2. The zero-order valence-corrected chi connectivity index (χ0v) is 23.7. The highest BCUT2D eigenvalue weighted by molar-refractivity contribution is 6.42.